The molecule has 5 nitrogen and oxygen atoms in total. The third-order valence-electron chi connectivity index (χ3n) is 3.15. The minimum Gasteiger partial charge on any atom is -0.381 e. The number of anilines is 2. The molecule has 1 aliphatic rings. The Morgan fingerprint density at radius 1 is 1.47 bits per heavy atom. The number of rotatable bonds is 5. The lowest BCUT2D eigenvalue weighted by Crippen LogP contribution is -2.34. The zero-order valence-corrected chi connectivity index (χ0v) is 12.0. The molecule has 1 fully saturated rings. The van der Waals surface area contributed by atoms with Crippen LogP contribution >= 0.6 is 0 Å². The number of hydrogen-bond donors (Lipinski definition) is 2. The molecule has 2 rings (SSSR count). The van der Waals surface area contributed by atoms with E-state index in [0.717, 1.165) is 37.3 Å². The molecular weight excluding hydrogens is 262 g/mol. The van der Waals surface area contributed by atoms with Gasteiger partial charge in [0.05, 0.1) is 11.5 Å². The minimum absolute atomic E-state index is 0.0141. The Hall–Kier alpha value is -1.30. The molecule has 19 heavy (non-hydrogen) atoms. The quantitative estimate of drug-likeness (QED) is 0.863. The molecule has 2 N–H and O–H groups in total. The Morgan fingerprint density at radius 2 is 2.32 bits per heavy atom. The predicted molar refractivity (Wildman–Crippen MR) is 78.3 cm³/mol. The van der Waals surface area contributed by atoms with Gasteiger partial charge in [0.1, 0.15) is 5.82 Å². The Kier molecular flexibility index (Phi) is 4.63. The molecule has 0 amide bonds. The summed E-state index contributed by atoms with van der Waals surface area (Å²) < 4.78 is 23.2. The molecule has 106 valence electrons. The molecule has 1 aromatic rings. The molecule has 0 aliphatic carbocycles. The predicted octanol–water partition coefficient (Wildman–Crippen LogP) is 1.89. The average molecular weight is 283 g/mol. The standard InChI is InChI=1S/C13H21N3O2S/c1-2-6-14-13-9-11(5-7-15-13)16-12-4-3-8-19(17,18)10-12/h5,7,9,12H,2-4,6,8,10H2,1H3,(H2,14,15,16). The van der Waals surface area contributed by atoms with Gasteiger partial charge in [-0.1, -0.05) is 6.92 Å². The van der Waals surface area contributed by atoms with Gasteiger partial charge in [-0.3, -0.25) is 0 Å². The van der Waals surface area contributed by atoms with Crippen LogP contribution in [0.3, 0.4) is 0 Å². The van der Waals surface area contributed by atoms with Crippen LogP contribution in [0.4, 0.5) is 11.5 Å². The largest absolute Gasteiger partial charge is 0.381 e. The lowest BCUT2D eigenvalue weighted by atomic mass is 10.2. The number of hydrogen-bond acceptors (Lipinski definition) is 5. The van der Waals surface area contributed by atoms with E-state index in [-0.39, 0.29) is 11.8 Å². The summed E-state index contributed by atoms with van der Waals surface area (Å²) in [5, 5.41) is 6.51. The molecule has 0 bridgehead atoms. The van der Waals surface area contributed by atoms with Crippen LogP contribution in [-0.4, -0.2) is 37.5 Å². The van der Waals surface area contributed by atoms with Gasteiger partial charge in [-0.15, -0.1) is 0 Å². The van der Waals surface area contributed by atoms with E-state index in [2.05, 4.69) is 22.5 Å². The van der Waals surface area contributed by atoms with E-state index in [1.54, 1.807) is 6.20 Å². The zero-order valence-electron chi connectivity index (χ0n) is 11.2. The molecule has 1 aromatic heterocycles. The van der Waals surface area contributed by atoms with Crippen LogP contribution in [0.5, 0.6) is 0 Å². The maximum Gasteiger partial charge on any atom is 0.152 e. The van der Waals surface area contributed by atoms with Crippen molar-refractivity contribution in [2.75, 3.05) is 28.7 Å². The first-order chi connectivity index (χ1) is 9.09. The van der Waals surface area contributed by atoms with Crippen molar-refractivity contribution < 1.29 is 8.42 Å². The summed E-state index contributed by atoms with van der Waals surface area (Å²) in [6, 6.07) is 3.81. The Balaban J connectivity index is 1.98. The third-order valence-corrected chi connectivity index (χ3v) is 4.97. The summed E-state index contributed by atoms with van der Waals surface area (Å²) in [7, 11) is -2.87. The first-order valence-corrected chi connectivity index (χ1v) is 8.58. The van der Waals surface area contributed by atoms with Crippen molar-refractivity contribution in [3.05, 3.63) is 18.3 Å². The third kappa shape index (κ3) is 4.38. The Bertz CT molecular complexity index is 516. The van der Waals surface area contributed by atoms with Gasteiger partial charge in [0.2, 0.25) is 0 Å². The Labute approximate surface area is 114 Å². The van der Waals surface area contributed by atoms with E-state index in [9.17, 15) is 8.42 Å². The van der Waals surface area contributed by atoms with Gasteiger partial charge in [-0.2, -0.15) is 0 Å². The van der Waals surface area contributed by atoms with Gasteiger partial charge in [-0.05, 0) is 25.3 Å². The van der Waals surface area contributed by atoms with Crippen LogP contribution in [0.25, 0.3) is 0 Å². The van der Waals surface area contributed by atoms with Crippen molar-refractivity contribution in [2.45, 2.75) is 32.2 Å². The van der Waals surface area contributed by atoms with Gasteiger partial charge in [-0.25, -0.2) is 13.4 Å². The summed E-state index contributed by atoms with van der Waals surface area (Å²) in [6.07, 6.45) is 4.42. The van der Waals surface area contributed by atoms with Crippen molar-refractivity contribution in [1.82, 2.24) is 4.98 Å². The maximum absolute atomic E-state index is 11.6. The zero-order chi connectivity index (χ0) is 13.7. The smallest absolute Gasteiger partial charge is 0.152 e. The molecule has 0 aromatic carbocycles. The van der Waals surface area contributed by atoms with Gasteiger partial charge in [0.15, 0.2) is 9.84 Å². The second kappa shape index (κ2) is 6.23. The molecule has 2 heterocycles. The number of nitrogens with zero attached hydrogens (tertiary/aromatic N) is 1. The lowest BCUT2D eigenvalue weighted by molar-refractivity contribution is 0.562. The summed E-state index contributed by atoms with van der Waals surface area (Å²) >= 11 is 0. The first kappa shape index (κ1) is 14.1. The molecule has 1 atom stereocenters. The molecule has 6 heteroatoms. The highest BCUT2D eigenvalue weighted by atomic mass is 32.2. The van der Waals surface area contributed by atoms with Crippen molar-refractivity contribution in [1.29, 1.82) is 0 Å². The summed E-state index contributed by atoms with van der Waals surface area (Å²) in [6.45, 7) is 2.98. The van der Waals surface area contributed by atoms with E-state index in [4.69, 9.17) is 0 Å². The van der Waals surface area contributed by atoms with Crippen LogP contribution in [0.15, 0.2) is 18.3 Å². The fourth-order valence-electron chi connectivity index (χ4n) is 2.24. The fourth-order valence-corrected chi connectivity index (χ4v) is 3.88. The van der Waals surface area contributed by atoms with E-state index in [1.807, 2.05) is 12.1 Å². The molecule has 1 unspecified atom stereocenters. The van der Waals surface area contributed by atoms with E-state index in [0.29, 0.717) is 5.75 Å². The highest BCUT2D eigenvalue weighted by Gasteiger charge is 2.24. The van der Waals surface area contributed by atoms with E-state index in [1.165, 1.54) is 0 Å². The number of aromatic nitrogens is 1. The SMILES string of the molecule is CCCNc1cc(NC2CCCS(=O)(=O)C2)ccn1. The van der Waals surface area contributed by atoms with Crippen LogP contribution in [0.1, 0.15) is 26.2 Å². The van der Waals surface area contributed by atoms with Crippen molar-refractivity contribution in [2.24, 2.45) is 0 Å². The van der Waals surface area contributed by atoms with Crippen LogP contribution in [0, 0.1) is 0 Å². The molecule has 0 spiro atoms. The summed E-state index contributed by atoms with van der Waals surface area (Å²) in [5.41, 5.74) is 0.927. The normalized spacial score (nSPS) is 21.8. The van der Waals surface area contributed by atoms with E-state index < -0.39 is 9.84 Å². The van der Waals surface area contributed by atoms with Gasteiger partial charge < -0.3 is 10.6 Å². The molecule has 0 radical (unpaired) electrons. The average Bonchev–Trinajstić information content (AvgIpc) is 2.35. The Morgan fingerprint density at radius 3 is 3.05 bits per heavy atom. The summed E-state index contributed by atoms with van der Waals surface area (Å²) in [4.78, 5) is 4.23. The topological polar surface area (TPSA) is 71.1 Å². The van der Waals surface area contributed by atoms with Gasteiger partial charge >= 0.3 is 0 Å². The first-order valence-electron chi connectivity index (χ1n) is 6.76. The number of pyridine rings is 1. The van der Waals surface area contributed by atoms with Crippen molar-refractivity contribution in [3.8, 4) is 0 Å². The minimum atomic E-state index is -2.87. The molecule has 1 aliphatic heterocycles. The fraction of sp³-hybridized carbons (Fsp3) is 0.615. The van der Waals surface area contributed by atoms with E-state index >= 15 is 0 Å². The van der Waals surface area contributed by atoms with Gasteiger partial charge in [0, 0.05) is 30.5 Å². The monoisotopic (exact) mass is 283 g/mol. The van der Waals surface area contributed by atoms with Crippen LogP contribution in [-0.2, 0) is 9.84 Å². The maximum atomic E-state index is 11.6. The lowest BCUT2D eigenvalue weighted by Gasteiger charge is -2.24. The molecular formula is C13H21N3O2S. The van der Waals surface area contributed by atoms with Crippen molar-refractivity contribution >= 4 is 21.3 Å². The van der Waals surface area contributed by atoms with Crippen LogP contribution in [0.2, 0.25) is 0 Å². The second-order valence-corrected chi connectivity index (χ2v) is 7.18. The van der Waals surface area contributed by atoms with Gasteiger partial charge in [0.25, 0.3) is 0 Å². The molecule has 1 saturated heterocycles. The summed E-state index contributed by atoms with van der Waals surface area (Å²) in [5.74, 6) is 1.38. The molecule has 0 saturated carbocycles. The highest BCUT2D eigenvalue weighted by molar-refractivity contribution is 7.91. The number of nitrogens with one attached hydrogen (secondary N) is 2. The van der Waals surface area contributed by atoms with Crippen molar-refractivity contribution in [3.63, 3.8) is 0 Å². The second-order valence-electron chi connectivity index (χ2n) is 4.95. The number of sulfone groups is 1. The highest BCUT2D eigenvalue weighted by Crippen LogP contribution is 2.19. The van der Waals surface area contributed by atoms with Crippen LogP contribution < -0.4 is 10.6 Å².